The third-order valence-electron chi connectivity index (χ3n) is 7.54. The summed E-state index contributed by atoms with van der Waals surface area (Å²) in [5.74, 6) is -0.709. The Bertz CT molecular complexity index is 1490. The molecule has 178 valence electrons. The SMILES string of the molecule is CCCN1C(=O)NC(=O)[C@@]2(Cc3c(nc4c(C)cccn4c3=O)N3CCc4ccccc4[C@@H]32)C1=O. The van der Waals surface area contributed by atoms with Crippen molar-refractivity contribution in [1.29, 1.82) is 0 Å². The Hall–Kier alpha value is -4.01. The van der Waals surface area contributed by atoms with Gasteiger partial charge in [-0.25, -0.2) is 9.78 Å². The number of carbonyl (C=O) groups excluding carboxylic acids is 3. The van der Waals surface area contributed by atoms with Gasteiger partial charge in [0.25, 0.3) is 5.56 Å². The average molecular weight is 472 g/mol. The Morgan fingerprint density at radius 3 is 2.71 bits per heavy atom. The van der Waals surface area contributed by atoms with Gasteiger partial charge < -0.3 is 4.90 Å². The third-order valence-corrected chi connectivity index (χ3v) is 7.54. The maximum absolute atomic E-state index is 14.1. The zero-order chi connectivity index (χ0) is 24.5. The number of pyridine rings is 1. The van der Waals surface area contributed by atoms with E-state index in [-0.39, 0.29) is 18.5 Å². The van der Waals surface area contributed by atoms with Crippen molar-refractivity contribution in [1.82, 2.24) is 19.6 Å². The van der Waals surface area contributed by atoms with Gasteiger partial charge >= 0.3 is 6.03 Å². The van der Waals surface area contributed by atoms with Crippen LogP contribution in [0.3, 0.4) is 0 Å². The van der Waals surface area contributed by atoms with Crippen LogP contribution in [-0.4, -0.2) is 45.2 Å². The van der Waals surface area contributed by atoms with E-state index in [2.05, 4.69) is 5.32 Å². The summed E-state index contributed by atoms with van der Waals surface area (Å²) in [5.41, 5.74) is 1.66. The van der Waals surface area contributed by atoms with Gasteiger partial charge in [0.05, 0.1) is 11.6 Å². The smallest absolute Gasteiger partial charge is 0.330 e. The normalized spacial score (nSPS) is 23.3. The van der Waals surface area contributed by atoms with Crippen LogP contribution in [0.25, 0.3) is 5.65 Å². The lowest BCUT2D eigenvalue weighted by molar-refractivity contribution is -0.154. The molecule has 4 amide bonds. The standard InChI is InChI=1S/C26H25N5O4/c1-3-11-31-24(34)26(23(33)28-25(31)35)14-18-21(27-20-15(2)7-6-12-30(20)22(18)32)29-13-10-16-8-4-5-9-17(16)19(26)29/h4-9,12,19H,3,10-11,13-14H2,1-2H3,(H,28,33,35)/t19-,26+/m1/s1. The molecule has 0 bridgehead atoms. The van der Waals surface area contributed by atoms with Gasteiger partial charge in [0.2, 0.25) is 11.8 Å². The molecule has 35 heavy (non-hydrogen) atoms. The molecule has 9 heteroatoms. The van der Waals surface area contributed by atoms with Gasteiger partial charge in [0.15, 0.2) is 5.41 Å². The summed E-state index contributed by atoms with van der Waals surface area (Å²) in [7, 11) is 0. The minimum atomic E-state index is -1.66. The van der Waals surface area contributed by atoms with Crippen molar-refractivity contribution >= 4 is 29.3 Å². The number of anilines is 1. The monoisotopic (exact) mass is 471 g/mol. The molecule has 3 aliphatic heterocycles. The van der Waals surface area contributed by atoms with E-state index >= 15 is 0 Å². The predicted molar refractivity (Wildman–Crippen MR) is 128 cm³/mol. The quantitative estimate of drug-likeness (QED) is 0.575. The van der Waals surface area contributed by atoms with Crippen molar-refractivity contribution in [2.24, 2.45) is 5.41 Å². The molecule has 2 aromatic heterocycles. The summed E-state index contributed by atoms with van der Waals surface area (Å²) < 4.78 is 1.47. The number of fused-ring (bicyclic) bond motifs is 7. The summed E-state index contributed by atoms with van der Waals surface area (Å²) in [6, 6.07) is 10.0. The lowest BCUT2D eigenvalue weighted by atomic mass is 9.65. The van der Waals surface area contributed by atoms with Crippen LogP contribution in [0.15, 0.2) is 47.4 Å². The second-order valence-corrected chi connectivity index (χ2v) is 9.51. The number of hydrogen-bond donors (Lipinski definition) is 1. The Morgan fingerprint density at radius 1 is 1.11 bits per heavy atom. The molecule has 1 spiro atoms. The predicted octanol–water partition coefficient (Wildman–Crippen LogP) is 2.14. The molecule has 9 nitrogen and oxygen atoms in total. The number of hydrogen-bond acceptors (Lipinski definition) is 6. The Balaban J connectivity index is 1.67. The van der Waals surface area contributed by atoms with E-state index in [1.807, 2.05) is 49.1 Å². The number of nitrogens with one attached hydrogen (secondary N) is 1. The Labute approximate surface area is 201 Å². The van der Waals surface area contributed by atoms with E-state index < -0.39 is 29.3 Å². The van der Waals surface area contributed by atoms with Crippen molar-refractivity contribution in [3.63, 3.8) is 0 Å². The molecule has 1 fully saturated rings. The molecule has 0 unspecified atom stereocenters. The highest BCUT2D eigenvalue weighted by atomic mass is 16.2. The summed E-state index contributed by atoms with van der Waals surface area (Å²) in [5, 5.41) is 2.44. The van der Waals surface area contributed by atoms with Crippen LogP contribution in [-0.2, 0) is 22.4 Å². The fraction of sp³-hybridized carbons (Fsp3) is 0.346. The van der Waals surface area contributed by atoms with Crippen molar-refractivity contribution in [2.75, 3.05) is 18.0 Å². The van der Waals surface area contributed by atoms with E-state index in [9.17, 15) is 19.2 Å². The molecular formula is C26H25N5O4. The molecule has 3 aliphatic rings. The fourth-order valence-corrected chi connectivity index (χ4v) is 5.95. The highest BCUT2D eigenvalue weighted by Crippen LogP contribution is 2.52. The van der Waals surface area contributed by atoms with Crippen LogP contribution in [0, 0.1) is 12.3 Å². The first-order valence-corrected chi connectivity index (χ1v) is 11.9. The van der Waals surface area contributed by atoms with E-state index in [1.54, 1.807) is 12.3 Å². The van der Waals surface area contributed by atoms with E-state index in [1.165, 1.54) is 4.40 Å². The van der Waals surface area contributed by atoms with Crippen LogP contribution in [0.2, 0.25) is 0 Å². The number of urea groups is 1. The van der Waals surface area contributed by atoms with Crippen LogP contribution >= 0.6 is 0 Å². The van der Waals surface area contributed by atoms with Crippen molar-refractivity contribution in [3.8, 4) is 0 Å². The van der Waals surface area contributed by atoms with Crippen molar-refractivity contribution in [3.05, 3.63) is 75.2 Å². The Kier molecular flexibility index (Phi) is 4.61. The third kappa shape index (κ3) is 2.78. The number of aryl methyl sites for hydroxylation is 1. The van der Waals surface area contributed by atoms with Crippen molar-refractivity contribution < 1.29 is 14.4 Å². The van der Waals surface area contributed by atoms with Gasteiger partial charge in [-0.05, 0) is 42.5 Å². The highest BCUT2D eigenvalue weighted by molar-refractivity contribution is 6.20. The molecule has 1 N–H and O–H groups in total. The first-order valence-electron chi connectivity index (χ1n) is 11.9. The van der Waals surface area contributed by atoms with E-state index in [0.717, 1.165) is 21.6 Å². The minimum absolute atomic E-state index is 0.126. The summed E-state index contributed by atoms with van der Waals surface area (Å²) in [4.78, 5) is 62.1. The molecule has 6 rings (SSSR count). The summed E-state index contributed by atoms with van der Waals surface area (Å²) >= 11 is 0. The molecule has 1 saturated heterocycles. The zero-order valence-electron chi connectivity index (χ0n) is 19.6. The summed E-state index contributed by atoms with van der Waals surface area (Å²) in [6.07, 6.45) is 2.76. The minimum Gasteiger partial charge on any atom is -0.347 e. The fourth-order valence-electron chi connectivity index (χ4n) is 5.95. The van der Waals surface area contributed by atoms with Crippen LogP contribution in [0.5, 0.6) is 0 Å². The molecule has 3 aromatic rings. The van der Waals surface area contributed by atoms with Crippen LogP contribution in [0.4, 0.5) is 10.6 Å². The van der Waals surface area contributed by atoms with Crippen LogP contribution < -0.4 is 15.8 Å². The van der Waals surface area contributed by atoms with E-state index in [4.69, 9.17) is 4.98 Å². The first-order chi connectivity index (χ1) is 16.9. The number of carbonyl (C=O) groups is 3. The number of amides is 4. The number of benzene rings is 1. The number of nitrogens with zero attached hydrogens (tertiary/aromatic N) is 4. The van der Waals surface area contributed by atoms with Gasteiger partial charge in [0, 0.05) is 25.7 Å². The molecule has 2 atom stereocenters. The molecule has 0 radical (unpaired) electrons. The molecule has 1 aromatic carbocycles. The molecule has 0 saturated carbocycles. The topological polar surface area (TPSA) is 104 Å². The van der Waals surface area contributed by atoms with E-state index in [0.29, 0.717) is 36.4 Å². The van der Waals surface area contributed by atoms with Crippen LogP contribution in [0.1, 0.15) is 41.6 Å². The van der Waals surface area contributed by atoms with Crippen molar-refractivity contribution in [2.45, 2.75) is 39.2 Å². The maximum Gasteiger partial charge on any atom is 0.330 e. The largest absolute Gasteiger partial charge is 0.347 e. The Morgan fingerprint density at radius 2 is 1.91 bits per heavy atom. The second kappa shape index (κ2) is 7.49. The van der Waals surface area contributed by atoms with Gasteiger partial charge in [-0.3, -0.25) is 29.0 Å². The summed E-state index contributed by atoms with van der Waals surface area (Å²) in [6.45, 7) is 4.45. The van der Waals surface area contributed by atoms with Gasteiger partial charge in [0.1, 0.15) is 11.5 Å². The molecular weight excluding hydrogens is 446 g/mol. The highest BCUT2D eigenvalue weighted by Gasteiger charge is 2.64. The lowest BCUT2D eigenvalue weighted by Crippen LogP contribution is -2.70. The molecule has 5 heterocycles. The first kappa shape index (κ1) is 21.5. The zero-order valence-corrected chi connectivity index (χ0v) is 19.6. The number of imide groups is 2. The maximum atomic E-state index is 14.1. The average Bonchev–Trinajstić information content (AvgIpc) is 2.86. The van der Waals surface area contributed by atoms with Gasteiger partial charge in [-0.2, -0.15) is 0 Å². The number of barbiturate groups is 1. The van der Waals surface area contributed by atoms with Gasteiger partial charge in [-0.1, -0.05) is 37.3 Å². The lowest BCUT2D eigenvalue weighted by Gasteiger charge is -2.53. The number of rotatable bonds is 2. The second-order valence-electron chi connectivity index (χ2n) is 9.51. The number of aromatic nitrogens is 2. The molecule has 0 aliphatic carbocycles. The van der Waals surface area contributed by atoms with Gasteiger partial charge in [-0.15, -0.1) is 0 Å².